The van der Waals surface area contributed by atoms with Crippen molar-refractivity contribution in [1.29, 1.82) is 0 Å². The van der Waals surface area contributed by atoms with Crippen LogP contribution in [-0.4, -0.2) is 20.9 Å². The number of primary amides is 1. The zero-order valence-corrected chi connectivity index (χ0v) is 14.7. The van der Waals surface area contributed by atoms with E-state index in [0.29, 0.717) is 23.1 Å². The second kappa shape index (κ2) is 8.30. The molecule has 0 radical (unpaired) electrons. The van der Waals surface area contributed by atoms with Gasteiger partial charge in [0.15, 0.2) is 0 Å². The van der Waals surface area contributed by atoms with Crippen molar-refractivity contribution in [2.75, 3.05) is 11.1 Å². The summed E-state index contributed by atoms with van der Waals surface area (Å²) >= 11 is 1.65. The van der Waals surface area contributed by atoms with Crippen LogP contribution < -0.4 is 16.8 Å². The Morgan fingerprint density at radius 2 is 1.69 bits per heavy atom. The second-order valence-corrected chi connectivity index (χ2v) is 6.46. The number of amides is 1. The van der Waals surface area contributed by atoms with Crippen LogP contribution in [0.1, 0.15) is 21.7 Å². The van der Waals surface area contributed by atoms with Gasteiger partial charge < -0.3 is 16.8 Å². The molecular formula is C18H18N6OS. The number of nitrogen functional groups attached to an aromatic ring is 1. The van der Waals surface area contributed by atoms with Crippen molar-refractivity contribution < 1.29 is 4.79 Å². The maximum Gasteiger partial charge on any atom is 0.248 e. The van der Waals surface area contributed by atoms with Crippen molar-refractivity contribution >= 4 is 35.3 Å². The van der Waals surface area contributed by atoms with E-state index in [1.807, 2.05) is 42.5 Å². The Balaban J connectivity index is 1.60. The topological polar surface area (TPSA) is 120 Å². The molecule has 0 aliphatic rings. The van der Waals surface area contributed by atoms with Crippen LogP contribution >= 0.6 is 11.8 Å². The van der Waals surface area contributed by atoms with Gasteiger partial charge in [-0.05, 0) is 29.8 Å². The molecule has 0 saturated heterocycles. The number of nitrogens with one attached hydrogen (secondary N) is 1. The minimum absolute atomic E-state index is 0.180. The summed E-state index contributed by atoms with van der Waals surface area (Å²) in [6.07, 6.45) is 0. The molecule has 132 valence electrons. The lowest BCUT2D eigenvalue weighted by molar-refractivity contribution is 0.100. The minimum Gasteiger partial charge on any atom is -0.368 e. The predicted octanol–water partition coefficient (Wildman–Crippen LogP) is 2.73. The van der Waals surface area contributed by atoms with Crippen LogP contribution in [0.15, 0.2) is 54.6 Å². The van der Waals surface area contributed by atoms with E-state index in [1.165, 1.54) is 0 Å². The van der Waals surface area contributed by atoms with E-state index >= 15 is 0 Å². The van der Waals surface area contributed by atoms with Gasteiger partial charge in [0.05, 0.1) is 5.75 Å². The molecule has 0 aliphatic carbocycles. The van der Waals surface area contributed by atoms with E-state index in [2.05, 4.69) is 20.3 Å². The van der Waals surface area contributed by atoms with E-state index in [4.69, 9.17) is 11.5 Å². The average Bonchev–Trinajstić information content (AvgIpc) is 2.62. The Labute approximate surface area is 155 Å². The highest BCUT2D eigenvalue weighted by atomic mass is 32.2. The maximum absolute atomic E-state index is 11.1. The summed E-state index contributed by atoms with van der Waals surface area (Å²) in [6, 6.07) is 16.8. The average molecular weight is 366 g/mol. The standard InChI is InChI=1S/C18H18N6OS/c19-16(25)13-8-6-12(7-9-13)10-26-11-15-22-17(20)24-18(23-15)21-14-4-2-1-3-5-14/h1-9H,10-11H2,(H2,19,25)(H3,20,21,22,23,24). The van der Waals surface area contributed by atoms with Gasteiger partial charge in [-0.2, -0.15) is 15.0 Å². The van der Waals surface area contributed by atoms with Crippen LogP contribution in [0, 0.1) is 0 Å². The Bertz CT molecular complexity index is 886. The number of nitrogens with zero attached hydrogens (tertiary/aromatic N) is 3. The second-order valence-electron chi connectivity index (χ2n) is 5.48. The molecule has 0 atom stereocenters. The van der Waals surface area contributed by atoms with Crippen molar-refractivity contribution in [3.63, 3.8) is 0 Å². The number of para-hydroxylation sites is 1. The Kier molecular flexibility index (Phi) is 5.65. The zero-order chi connectivity index (χ0) is 18.4. The fraction of sp³-hybridized carbons (Fsp3) is 0.111. The van der Waals surface area contributed by atoms with Gasteiger partial charge in [-0.3, -0.25) is 4.79 Å². The molecule has 0 bridgehead atoms. The highest BCUT2D eigenvalue weighted by Gasteiger charge is 2.06. The lowest BCUT2D eigenvalue weighted by Crippen LogP contribution is -2.10. The number of rotatable bonds is 7. The number of anilines is 3. The number of benzene rings is 2. The molecule has 1 aromatic heterocycles. The number of nitrogens with two attached hydrogens (primary N) is 2. The molecule has 0 fully saturated rings. The first-order chi connectivity index (χ1) is 12.6. The van der Waals surface area contributed by atoms with Crippen LogP contribution in [0.4, 0.5) is 17.6 Å². The highest BCUT2D eigenvalue weighted by molar-refractivity contribution is 7.97. The number of thioether (sulfide) groups is 1. The number of carbonyl (C=O) groups excluding carboxylic acids is 1. The molecule has 7 nitrogen and oxygen atoms in total. The van der Waals surface area contributed by atoms with Gasteiger partial charge in [0, 0.05) is 17.0 Å². The third-order valence-electron chi connectivity index (χ3n) is 3.47. The monoisotopic (exact) mass is 366 g/mol. The Hall–Kier alpha value is -3.13. The third-order valence-corrected chi connectivity index (χ3v) is 4.47. The number of hydrogen-bond donors (Lipinski definition) is 3. The van der Waals surface area contributed by atoms with Crippen LogP contribution in [0.25, 0.3) is 0 Å². The van der Waals surface area contributed by atoms with Crippen LogP contribution in [-0.2, 0) is 11.5 Å². The molecule has 2 aromatic carbocycles. The molecular weight excluding hydrogens is 348 g/mol. The molecule has 1 heterocycles. The fourth-order valence-electron chi connectivity index (χ4n) is 2.23. The number of aromatic nitrogens is 3. The summed E-state index contributed by atoms with van der Waals surface area (Å²) in [5.74, 6) is 2.13. The van der Waals surface area contributed by atoms with Crippen molar-refractivity contribution in [1.82, 2.24) is 15.0 Å². The van der Waals surface area contributed by atoms with E-state index in [1.54, 1.807) is 23.9 Å². The summed E-state index contributed by atoms with van der Waals surface area (Å²) in [4.78, 5) is 23.8. The van der Waals surface area contributed by atoms with Crippen molar-refractivity contribution in [2.24, 2.45) is 5.73 Å². The Morgan fingerprint density at radius 1 is 0.962 bits per heavy atom. The first-order valence-corrected chi connectivity index (χ1v) is 9.04. The van der Waals surface area contributed by atoms with Crippen LogP contribution in [0.2, 0.25) is 0 Å². The largest absolute Gasteiger partial charge is 0.368 e. The Morgan fingerprint density at radius 3 is 2.38 bits per heavy atom. The van der Waals surface area contributed by atoms with Gasteiger partial charge in [0.25, 0.3) is 0 Å². The summed E-state index contributed by atoms with van der Waals surface area (Å²) in [5, 5.41) is 3.11. The van der Waals surface area contributed by atoms with Gasteiger partial charge in [0.2, 0.25) is 17.8 Å². The lowest BCUT2D eigenvalue weighted by atomic mass is 10.1. The van der Waals surface area contributed by atoms with E-state index in [-0.39, 0.29) is 5.95 Å². The van der Waals surface area contributed by atoms with Crippen molar-refractivity contribution in [2.45, 2.75) is 11.5 Å². The maximum atomic E-state index is 11.1. The SMILES string of the molecule is NC(=O)c1ccc(CSCc2nc(N)nc(Nc3ccccc3)n2)cc1. The van der Waals surface area contributed by atoms with Gasteiger partial charge in [-0.25, -0.2) is 0 Å². The molecule has 0 spiro atoms. The number of hydrogen-bond acceptors (Lipinski definition) is 7. The number of carbonyl (C=O) groups is 1. The van der Waals surface area contributed by atoms with E-state index < -0.39 is 5.91 Å². The zero-order valence-electron chi connectivity index (χ0n) is 13.9. The first kappa shape index (κ1) is 17.7. The minimum atomic E-state index is -0.427. The molecule has 0 aliphatic heterocycles. The molecule has 0 saturated carbocycles. The van der Waals surface area contributed by atoms with E-state index in [9.17, 15) is 4.79 Å². The van der Waals surface area contributed by atoms with Crippen LogP contribution in [0.3, 0.4) is 0 Å². The van der Waals surface area contributed by atoms with Crippen LogP contribution in [0.5, 0.6) is 0 Å². The van der Waals surface area contributed by atoms with E-state index in [0.717, 1.165) is 17.0 Å². The smallest absolute Gasteiger partial charge is 0.248 e. The van der Waals surface area contributed by atoms with Gasteiger partial charge in [0.1, 0.15) is 5.82 Å². The van der Waals surface area contributed by atoms with Crippen molar-refractivity contribution in [3.05, 3.63) is 71.5 Å². The highest BCUT2D eigenvalue weighted by Crippen LogP contribution is 2.18. The fourth-order valence-corrected chi connectivity index (χ4v) is 3.08. The molecule has 3 aromatic rings. The molecule has 26 heavy (non-hydrogen) atoms. The quantitative estimate of drug-likeness (QED) is 0.588. The first-order valence-electron chi connectivity index (χ1n) is 7.89. The van der Waals surface area contributed by atoms with Gasteiger partial charge >= 0.3 is 0 Å². The predicted molar refractivity (Wildman–Crippen MR) is 104 cm³/mol. The summed E-state index contributed by atoms with van der Waals surface area (Å²) < 4.78 is 0. The van der Waals surface area contributed by atoms with Gasteiger partial charge in [-0.15, -0.1) is 11.8 Å². The normalized spacial score (nSPS) is 10.5. The molecule has 8 heteroatoms. The lowest BCUT2D eigenvalue weighted by Gasteiger charge is -2.07. The molecule has 5 N–H and O–H groups in total. The van der Waals surface area contributed by atoms with Gasteiger partial charge in [-0.1, -0.05) is 30.3 Å². The summed E-state index contributed by atoms with van der Waals surface area (Å²) in [6.45, 7) is 0. The molecule has 3 rings (SSSR count). The third kappa shape index (κ3) is 4.93. The summed E-state index contributed by atoms with van der Waals surface area (Å²) in [5.41, 5.74) is 13.5. The summed E-state index contributed by atoms with van der Waals surface area (Å²) in [7, 11) is 0. The van der Waals surface area contributed by atoms with Crippen molar-refractivity contribution in [3.8, 4) is 0 Å². The molecule has 0 unspecified atom stereocenters. The molecule has 1 amide bonds.